The van der Waals surface area contributed by atoms with Crippen molar-refractivity contribution in [1.82, 2.24) is 19.6 Å². The lowest BCUT2D eigenvalue weighted by Crippen LogP contribution is -2.23. The lowest BCUT2D eigenvalue weighted by Gasteiger charge is -1.93. The van der Waals surface area contributed by atoms with Gasteiger partial charge in [-0.05, 0) is 24.3 Å². The first-order chi connectivity index (χ1) is 11.2. The minimum Gasteiger partial charge on any atom is -0.266 e. The van der Waals surface area contributed by atoms with Gasteiger partial charge in [0.15, 0.2) is 5.82 Å². The van der Waals surface area contributed by atoms with Crippen LogP contribution in [0.5, 0.6) is 0 Å². The van der Waals surface area contributed by atoms with Crippen LogP contribution in [-0.4, -0.2) is 19.6 Å². The summed E-state index contributed by atoms with van der Waals surface area (Å²) in [6, 6.07) is 9.85. The minimum atomic E-state index is -0.372. The van der Waals surface area contributed by atoms with E-state index < -0.39 is 0 Å². The molecule has 0 aliphatic heterocycles. The first-order valence-corrected chi connectivity index (χ1v) is 7.60. The van der Waals surface area contributed by atoms with Crippen molar-refractivity contribution in [2.45, 2.75) is 0 Å². The Kier molecular flexibility index (Phi) is 3.20. The number of pyridine rings is 1. The van der Waals surface area contributed by atoms with E-state index in [2.05, 4.69) is 15.1 Å². The van der Waals surface area contributed by atoms with Gasteiger partial charge in [0.25, 0.3) is 5.56 Å². The SMILES string of the molecule is O=c1c(=Cc2ccccc2F)sc2nc(-c3ccncc3)nn12. The zero-order chi connectivity index (χ0) is 15.8. The van der Waals surface area contributed by atoms with Crippen molar-refractivity contribution in [3.05, 3.63) is 75.1 Å². The highest BCUT2D eigenvalue weighted by atomic mass is 32.1. The van der Waals surface area contributed by atoms with E-state index in [1.807, 2.05) is 0 Å². The number of fused-ring (bicyclic) bond motifs is 1. The van der Waals surface area contributed by atoms with Gasteiger partial charge in [-0.3, -0.25) is 9.78 Å². The monoisotopic (exact) mass is 324 g/mol. The van der Waals surface area contributed by atoms with E-state index >= 15 is 0 Å². The number of rotatable bonds is 2. The molecule has 0 radical (unpaired) electrons. The van der Waals surface area contributed by atoms with E-state index in [0.717, 1.165) is 5.56 Å². The summed E-state index contributed by atoms with van der Waals surface area (Å²) in [5, 5.41) is 4.23. The smallest absolute Gasteiger partial charge is 0.266 e. The van der Waals surface area contributed by atoms with E-state index in [9.17, 15) is 9.18 Å². The Morgan fingerprint density at radius 2 is 1.91 bits per heavy atom. The molecular formula is C16H9FN4OS. The first kappa shape index (κ1) is 13.7. The molecule has 112 valence electrons. The second-order valence-electron chi connectivity index (χ2n) is 4.80. The number of hydrogen-bond acceptors (Lipinski definition) is 5. The van der Waals surface area contributed by atoms with Gasteiger partial charge in [0.2, 0.25) is 4.96 Å². The van der Waals surface area contributed by atoms with Gasteiger partial charge in [0.05, 0.1) is 4.53 Å². The lowest BCUT2D eigenvalue weighted by atomic mass is 10.2. The third-order valence-electron chi connectivity index (χ3n) is 3.31. The Labute approximate surface area is 133 Å². The van der Waals surface area contributed by atoms with Crippen molar-refractivity contribution >= 4 is 22.4 Å². The van der Waals surface area contributed by atoms with E-state index in [0.29, 0.717) is 20.9 Å². The third-order valence-corrected chi connectivity index (χ3v) is 4.27. The molecule has 3 heterocycles. The van der Waals surface area contributed by atoms with Crippen molar-refractivity contribution in [3.63, 3.8) is 0 Å². The fourth-order valence-corrected chi connectivity index (χ4v) is 3.09. The summed E-state index contributed by atoms with van der Waals surface area (Å²) < 4.78 is 15.3. The fourth-order valence-electron chi connectivity index (χ4n) is 2.19. The van der Waals surface area contributed by atoms with E-state index in [4.69, 9.17) is 0 Å². The second kappa shape index (κ2) is 5.36. The molecule has 0 N–H and O–H groups in total. The van der Waals surface area contributed by atoms with Gasteiger partial charge in [0.1, 0.15) is 5.82 Å². The predicted molar refractivity (Wildman–Crippen MR) is 85.5 cm³/mol. The van der Waals surface area contributed by atoms with Gasteiger partial charge in [-0.15, -0.1) is 5.10 Å². The largest absolute Gasteiger partial charge is 0.291 e. The Morgan fingerprint density at radius 1 is 1.13 bits per heavy atom. The maximum atomic E-state index is 13.7. The summed E-state index contributed by atoms with van der Waals surface area (Å²) in [6.45, 7) is 0. The highest BCUT2D eigenvalue weighted by molar-refractivity contribution is 7.15. The van der Waals surface area contributed by atoms with Crippen LogP contribution in [0.4, 0.5) is 4.39 Å². The number of benzene rings is 1. The van der Waals surface area contributed by atoms with E-state index in [1.165, 1.54) is 28.0 Å². The molecule has 0 saturated heterocycles. The van der Waals surface area contributed by atoms with Crippen LogP contribution in [0.15, 0.2) is 53.6 Å². The summed E-state index contributed by atoms with van der Waals surface area (Å²) in [5.41, 5.74) is 0.847. The van der Waals surface area contributed by atoms with Crippen LogP contribution in [0.1, 0.15) is 5.56 Å². The number of nitrogens with zero attached hydrogens (tertiary/aromatic N) is 4. The van der Waals surface area contributed by atoms with Crippen LogP contribution < -0.4 is 10.1 Å². The quantitative estimate of drug-likeness (QED) is 0.565. The highest BCUT2D eigenvalue weighted by Crippen LogP contribution is 2.15. The molecule has 4 rings (SSSR count). The summed E-state index contributed by atoms with van der Waals surface area (Å²) in [7, 11) is 0. The third kappa shape index (κ3) is 2.40. The molecule has 0 saturated carbocycles. The number of hydrogen-bond donors (Lipinski definition) is 0. The molecule has 0 aliphatic carbocycles. The Hall–Kier alpha value is -2.93. The first-order valence-electron chi connectivity index (χ1n) is 6.78. The van der Waals surface area contributed by atoms with Crippen LogP contribution >= 0.6 is 11.3 Å². The highest BCUT2D eigenvalue weighted by Gasteiger charge is 2.12. The number of halogens is 1. The molecular weight excluding hydrogens is 315 g/mol. The van der Waals surface area contributed by atoms with Gasteiger partial charge in [-0.2, -0.15) is 9.50 Å². The maximum absolute atomic E-state index is 13.7. The van der Waals surface area contributed by atoms with Crippen LogP contribution in [-0.2, 0) is 0 Å². The minimum absolute atomic E-state index is 0.305. The Morgan fingerprint density at radius 3 is 2.65 bits per heavy atom. The average Bonchev–Trinajstić information content (AvgIpc) is 3.11. The van der Waals surface area contributed by atoms with Crippen molar-refractivity contribution in [1.29, 1.82) is 0 Å². The van der Waals surface area contributed by atoms with Gasteiger partial charge in [0, 0.05) is 23.5 Å². The molecule has 0 atom stereocenters. The number of aromatic nitrogens is 4. The van der Waals surface area contributed by atoms with Gasteiger partial charge in [-0.25, -0.2) is 4.39 Å². The zero-order valence-electron chi connectivity index (χ0n) is 11.7. The van der Waals surface area contributed by atoms with Crippen molar-refractivity contribution < 1.29 is 4.39 Å². The molecule has 0 fully saturated rings. The fraction of sp³-hybridized carbons (Fsp3) is 0. The Bertz CT molecular complexity index is 1100. The molecule has 3 aromatic heterocycles. The topological polar surface area (TPSA) is 60.2 Å². The summed E-state index contributed by atoms with van der Waals surface area (Å²) >= 11 is 1.18. The van der Waals surface area contributed by atoms with E-state index in [-0.39, 0.29) is 11.4 Å². The van der Waals surface area contributed by atoms with Crippen LogP contribution in [0, 0.1) is 5.82 Å². The molecule has 5 nitrogen and oxygen atoms in total. The molecule has 23 heavy (non-hydrogen) atoms. The van der Waals surface area contributed by atoms with Crippen LogP contribution in [0.3, 0.4) is 0 Å². The number of thiazole rings is 1. The Balaban J connectivity index is 1.86. The molecule has 4 aromatic rings. The van der Waals surface area contributed by atoms with Crippen molar-refractivity contribution in [2.75, 3.05) is 0 Å². The normalized spacial score (nSPS) is 12.1. The lowest BCUT2D eigenvalue weighted by molar-refractivity contribution is 0.625. The van der Waals surface area contributed by atoms with Crippen molar-refractivity contribution in [2.24, 2.45) is 0 Å². The van der Waals surface area contributed by atoms with Gasteiger partial charge >= 0.3 is 0 Å². The molecule has 0 amide bonds. The van der Waals surface area contributed by atoms with Crippen LogP contribution in [0.2, 0.25) is 0 Å². The zero-order valence-corrected chi connectivity index (χ0v) is 12.5. The molecule has 0 aliphatic rings. The standard InChI is InChI=1S/C16H9FN4OS/c17-12-4-2-1-3-11(12)9-13-15(22)21-16(23-13)19-14(20-21)10-5-7-18-8-6-10/h1-9H. The molecule has 0 bridgehead atoms. The average molecular weight is 324 g/mol. The molecule has 7 heteroatoms. The maximum Gasteiger partial charge on any atom is 0.291 e. The summed E-state index contributed by atoms with van der Waals surface area (Å²) in [6.07, 6.45) is 4.80. The van der Waals surface area contributed by atoms with Crippen LogP contribution in [0.25, 0.3) is 22.4 Å². The predicted octanol–water partition coefficient (Wildman–Crippen LogP) is 1.90. The summed E-state index contributed by atoms with van der Waals surface area (Å²) in [4.78, 5) is 21.2. The van der Waals surface area contributed by atoms with Gasteiger partial charge < -0.3 is 0 Å². The summed E-state index contributed by atoms with van der Waals surface area (Å²) in [5.74, 6) is 0.0940. The van der Waals surface area contributed by atoms with E-state index in [1.54, 1.807) is 42.7 Å². The molecule has 0 unspecified atom stereocenters. The molecule has 1 aromatic carbocycles. The van der Waals surface area contributed by atoms with Crippen molar-refractivity contribution in [3.8, 4) is 11.4 Å². The second-order valence-corrected chi connectivity index (χ2v) is 5.81. The van der Waals surface area contributed by atoms with Gasteiger partial charge in [-0.1, -0.05) is 29.5 Å². The molecule has 0 spiro atoms.